The van der Waals surface area contributed by atoms with E-state index in [9.17, 15) is 9.59 Å². The molecule has 1 aliphatic heterocycles. The first-order valence-corrected chi connectivity index (χ1v) is 9.17. The molecule has 0 bridgehead atoms. The molecule has 1 aliphatic rings. The molecule has 0 radical (unpaired) electrons. The minimum absolute atomic E-state index is 0.0262. The Labute approximate surface area is 150 Å². The van der Waals surface area contributed by atoms with E-state index in [1.54, 1.807) is 18.2 Å². The first kappa shape index (κ1) is 19.4. The smallest absolute Gasteiger partial charge is 0.251 e. The molecule has 0 spiro atoms. The molecule has 25 heavy (non-hydrogen) atoms. The third-order valence-electron chi connectivity index (χ3n) is 4.62. The Morgan fingerprint density at radius 2 is 2.00 bits per heavy atom. The predicted octanol–water partition coefficient (Wildman–Crippen LogP) is 1.70. The molecule has 1 fully saturated rings. The van der Waals surface area contributed by atoms with Crippen molar-refractivity contribution < 1.29 is 9.59 Å². The predicted molar refractivity (Wildman–Crippen MR) is 101 cm³/mol. The Morgan fingerprint density at radius 1 is 1.24 bits per heavy atom. The summed E-state index contributed by atoms with van der Waals surface area (Å²) in [7, 11) is 1.99. The van der Waals surface area contributed by atoms with E-state index in [4.69, 9.17) is 0 Å². The Morgan fingerprint density at radius 3 is 2.68 bits per heavy atom. The van der Waals surface area contributed by atoms with Crippen LogP contribution < -0.4 is 16.0 Å². The first-order chi connectivity index (χ1) is 12.1. The lowest BCUT2D eigenvalue weighted by Crippen LogP contribution is -2.39. The molecule has 1 heterocycles. The second-order valence-corrected chi connectivity index (χ2v) is 6.60. The van der Waals surface area contributed by atoms with Crippen molar-refractivity contribution in [1.29, 1.82) is 0 Å². The monoisotopic (exact) mass is 346 g/mol. The Kier molecular flexibility index (Phi) is 7.88. The van der Waals surface area contributed by atoms with Gasteiger partial charge in [0.25, 0.3) is 5.91 Å². The Hall–Kier alpha value is -1.92. The van der Waals surface area contributed by atoms with Gasteiger partial charge in [0, 0.05) is 17.8 Å². The minimum Gasteiger partial charge on any atom is -0.352 e. The van der Waals surface area contributed by atoms with Gasteiger partial charge in [0.2, 0.25) is 5.91 Å². The van der Waals surface area contributed by atoms with Gasteiger partial charge in [0.15, 0.2) is 0 Å². The molecule has 2 rings (SSSR count). The van der Waals surface area contributed by atoms with Gasteiger partial charge in [0.05, 0.1) is 6.54 Å². The van der Waals surface area contributed by atoms with Gasteiger partial charge in [-0.2, -0.15) is 0 Å². The number of nitrogens with zero attached hydrogens (tertiary/aromatic N) is 1. The van der Waals surface area contributed by atoms with Crippen LogP contribution in [0.3, 0.4) is 0 Å². The number of amides is 2. The second kappa shape index (κ2) is 10.2. The molecule has 3 N–H and O–H groups in total. The third-order valence-corrected chi connectivity index (χ3v) is 4.62. The second-order valence-electron chi connectivity index (χ2n) is 6.60. The number of hydrogen-bond acceptors (Lipinski definition) is 4. The molecule has 138 valence electrons. The fraction of sp³-hybridized carbons (Fsp3) is 0.579. The summed E-state index contributed by atoms with van der Waals surface area (Å²) in [4.78, 5) is 26.4. The van der Waals surface area contributed by atoms with Crippen LogP contribution in [0.5, 0.6) is 0 Å². The van der Waals surface area contributed by atoms with Gasteiger partial charge >= 0.3 is 0 Å². The summed E-state index contributed by atoms with van der Waals surface area (Å²) < 4.78 is 0. The van der Waals surface area contributed by atoms with Crippen LogP contribution >= 0.6 is 0 Å². The molecule has 1 aromatic carbocycles. The van der Waals surface area contributed by atoms with E-state index < -0.39 is 0 Å². The van der Waals surface area contributed by atoms with E-state index in [0.29, 0.717) is 24.3 Å². The van der Waals surface area contributed by atoms with Gasteiger partial charge in [-0.1, -0.05) is 6.07 Å². The Balaban J connectivity index is 1.79. The standard InChI is InChI=1S/C19H30N4O2/c1-3-21-19(25)16-5-4-6-17(13-16)22-18(24)14-23-11-8-15(9-12-23)7-10-20-2/h4-6,13,15,20H,3,7-12,14H2,1-2H3,(H,21,25)(H,22,24). The largest absolute Gasteiger partial charge is 0.352 e. The minimum atomic E-state index is -0.123. The maximum Gasteiger partial charge on any atom is 0.251 e. The SMILES string of the molecule is CCNC(=O)c1cccc(NC(=O)CN2CCC(CCNC)CC2)c1. The van der Waals surface area contributed by atoms with Gasteiger partial charge in [-0.15, -0.1) is 0 Å². The zero-order chi connectivity index (χ0) is 18.1. The highest BCUT2D eigenvalue weighted by Gasteiger charge is 2.20. The van der Waals surface area contributed by atoms with Crippen molar-refractivity contribution in [2.75, 3.05) is 45.1 Å². The van der Waals surface area contributed by atoms with Gasteiger partial charge in [-0.05, 0) is 77.0 Å². The molecule has 0 unspecified atom stereocenters. The zero-order valence-corrected chi connectivity index (χ0v) is 15.3. The lowest BCUT2D eigenvalue weighted by molar-refractivity contribution is -0.117. The van der Waals surface area contributed by atoms with E-state index in [1.165, 1.54) is 6.42 Å². The highest BCUT2D eigenvalue weighted by atomic mass is 16.2. The van der Waals surface area contributed by atoms with Crippen molar-refractivity contribution in [3.8, 4) is 0 Å². The summed E-state index contributed by atoms with van der Waals surface area (Å²) in [6.45, 7) is 5.88. The molecule has 6 heteroatoms. The maximum absolute atomic E-state index is 12.3. The molecule has 0 saturated carbocycles. The van der Waals surface area contributed by atoms with Crippen molar-refractivity contribution in [1.82, 2.24) is 15.5 Å². The quantitative estimate of drug-likeness (QED) is 0.670. The average molecular weight is 346 g/mol. The van der Waals surface area contributed by atoms with Crippen molar-refractivity contribution in [2.45, 2.75) is 26.2 Å². The molecule has 1 saturated heterocycles. The maximum atomic E-state index is 12.3. The van der Waals surface area contributed by atoms with Crippen LogP contribution in [0.1, 0.15) is 36.5 Å². The number of piperidine rings is 1. The van der Waals surface area contributed by atoms with E-state index in [0.717, 1.165) is 38.4 Å². The van der Waals surface area contributed by atoms with Crippen LogP contribution in [-0.4, -0.2) is 56.5 Å². The normalized spacial score (nSPS) is 15.8. The first-order valence-electron chi connectivity index (χ1n) is 9.17. The summed E-state index contributed by atoms with van der Waals surface area (Å²) in [6, 6.07) is 7.06. The highest BCUT2D eigenvalue weighted by molar-refractivity contribution is 5.97. The van der Waals surface area contributed by atoms with Gasteiger partial charge in [0.1, 0.15) is 0 Å². The number of carbonyl (C=O) groups excluding carboxylic acids is 2. The number of benzene rings is 1. The van der Waals surface area contributed by atoms with Gasteiger partial charge < -0.3 is 16.0 Å². The number of anilines is 1. The number of carbonyl (C=O) groups is 2. The lowest BCUT2D eigenvalue weighted by atomic mass is 9.93. The topological polar surface area (TPSA) is 73.5 Å². The number of likely N-dealkylation sites (tertiary alicyclic amines) is 1. The van der Waals surface area contributed by atoms with Crippen LogP contribution in [0.25, 0.3) is 0 Å². The molecular weight excluding hydrogens is 316 g/mol. The zero-order valence-electron chi connectivity index (χ0n) is 15.3. The van der Waals surface area contributed by atoms with Crippen LogP contribution in [0, 0.1) is 5.92 Å². The highest BCUT2D eigenvalue weighted by Crippen LogP contribution is 2.20. The number of nitrogens with one attached hydrogen (secondary N) is 3. The Bertz CT molecular complexity index is 568. The molecule has 0 aliphatic carbocycles. The van der Waals surface area contributed by atoms with Gasteiger partial charge in [-0.25, -0.2) is 0 Å². The van der Waals surface area contributed by atoms with E-state index >= 15 is 0 Å². The van der Waals surface area contributed by atoms with Crippen molar-refractivity contribution in [3.05, 3.63) is 29.8 Å². The molecule has 0 aromatic heterocycles. The molecule has 6 nitrogen and oxygen atoms in total. The van der Waals surface area contributed by atoms with Crippen molar-refractivity contribution in [3.63, 3.8) is 0 Å². The summed E-state index contributed by atoms with van der Waals surface area (Å²) in [5.41, 5.74) is 1.22. The average Bonchev–Trinajstić information content (AvgIpc) is 2.61. The lowest BCUT2D eigenvalue weighted by Gasteiger charge is -2.31. The van der Waals surface area contributed by atoms with Crippen LogP contribution in [0.2, 0.25) is 0 Å². The van der Waals surface area contributed by atoms with E-state index in [-0.39, 0.29) is 11.8 Å². The number of hydrogen-bond donors (Lipinski definition) is 3. The molecule has 0 atom stereocenters. The molecular formula is C19H30N4O2. The fourth-order valence-corrected chi connectivity index (χ4v) is 3.19. The summed E-state index contributed by atoms with van der Waals surface area (Å²) in [6.07, 6.45) is 3.52. The number of rotatable bonds is 8. The van der Waals surface area contributed by atoms with Crippen LogP contribution in [0.15, 0.2) is 24.3 Å². The molecule has 2 amide bonds. The fourth-order valence-electron chi connectivity index (χ4n) is 3.19. The summed E-state index contributed by atoms with van der Waals surface area (Å²) >= 11 is 0. The van der Waals surface area contributed by atoms with E-state index in [1.807, 2.05) is 20.0 Å². The van der Waals surface area contributed by atoms with Crippen molar-refractivity contribution >= 4 is 17.5 Å². The third kappa shape index (κ3) is 6.48. The van der Waals surface area contributed by atoms with Gasteiger partial charge in [-0.3, -0.25) is 14.5 Å². The van der Waals surface area contributed by atoms with Crippen LogP contribution in [-0.2, 0) is 4.79 Å². The summed E-state index contributed by atoms with van der Waals surface area (Å²) in [5, 5.41) is 8.86. The van der Waals surface area contributed by atoms with E-state index in [2.05, 4.69) is 20.9 Å². The van der Waals surface area contributed by atoms with Crippen molar-refractivity contribution in [2.24, 2.45) is 5.92 Å². The molecule has 1 aromatic rings. The summed E-state index contributed by atoms with van der Waals surface area (Å²) in [5.74, 6) is 0.615. The van der Waals surface area contributed by atoms with Crippen LogP contribution in [0.4, 0.5) is 5.69 Å².